The number of non-ortho nitro benzene ring substituents is 1. The molecule has 0 aliphatic carbocycles. The Bertz CT molecular complexity index is 1080. The number of nitrogens with zero attached hydrogens (tertiary/aromatic N) is 5. The molecular weight excluding hydrogens is 418 g/mol. The molecule has 4 rings (SSSR count). The first-order chi connectivity index (χ1) is 15.0. The number of hydrogen-bond acceptors (Lipinski definition) is 5. The van der Waals surface area contributed by atoms with Crippen LogP contribution in [0.3, 0.4) is 0 Å². The van der Waals surface area contributed by atoms with E-state index in [-0.39, 0.29) is 22.2 Å². The van der Waals surface area contributed by atoms with E-state index in [0.29, 0.717) is 13.1 Å². The summed E-state index contributed by atoms with van der Waals surface area (Å²) in [4.78, 5) is 31.8. The van der Waals surface area contributed by atoms with Gasteiger partial charge in [0.05, 0.1) is 15.5 Å². The van der Waals surface area contributed by atoms with E-state index in [0.717, 1.165) is 37.6 Å². The van der Waals surface area contributed by atoms with E-state index in [9.17, 15) is 14.9 Å². The number of benzene rings is 2. The van der Waals surface area contributed by atoms with Gasteiger partial charge in [0.1, 0.15) is 5.82 Å². The molecule has 1 amide bonds. The van der Waals surface area contributed by atoms with Crippen molar-refractivity contribution in [3.63, 3.8) is 0 Å². The maximum Gasteiger partial charge on any atom is 0.270 e. The van der Waals surface area contributed by atoms with Crippen LogP contribution in [0.1, 0.15) is 10.4 Å². The first-order valence-corrected chi connectivity index (χ1v) is 10.4. The highest BCUT2D eigenvalue weighted by Gasteiger charge is 2.25. The summed E-state index contributed by atoms with van der Waals surface area (Å²) in [5.74, 6) is 0.670. The van der Waals surface area contributed by atoms with Crippen LogP contribution in [0.5, 0.6) is 0 Å². The van der Waals surface area contributed by atoms with Gasteiger partial charge in [-0.05, 0) is 6.07 Å². The number of nitro groups is 1. The average molecular weight is 440 g/mol. The summed E-state index contributed by atoms with van der Waals surface area (Å²) < 4.78 is 2.13. The van der Waals surface area contributed by atoms with E-state index in [2.05, 4.69) is 14.5 Å². The molecule has 0 unspecified atom stereocenters. The van der Waals surface area contributed by atoms with Crippen molar-refractivity contribution in [2.45, 2.75) is 6.54 Å². The lowest BCUT2D eigenvalue weighted by atomic mass is 10.1. The summed E-state index contributed by atoms with van der Waals surface area (Å²) in [7, 11) is 0. The number of halogens is 1. The third-order valence-corrected chi connectivity index (χ3v) is 5.78. The van der Waals surface area contributed by atoms with Gasteiger partial charge in [-0.3, -0.25) is 19.8 Å². The minimum absolute atomic E-state index is 0.138. The lowest BCUT2D eigenvalue weighted by Gasteiger charge is -2.35. The van der Waals surface area contributed by atoms with Gasteiger partial charge in [0.2, 0.25) is 0 Å². The van der Waals surface area contributed by atoms with Crippen LogP contribution in [-0.2, 0) is 6.54 Å². The van der Waals surface area contributed by atoms with Gasteiger partial charge in [0.25, 0.3) is 11.6 Å². The lowest BCUT2D eigenvalue weighted by Crippen LogP contribution is -2.49. The Morgan fingerprint density at radius 1 is 1.06 bits per heavy atom. The van der Waals surface area contributed by atoms with Crippen molar-refractivity contribution in [3.8, 4) is 11.4 Å². The molecule has 0 saturated carbocycles. The highest BCUT2D eigenvalue weighted by Crippen LogP contribution is 2.24. The highest BCUT2D eigenvalue weighted by atomic mass is 35.5. The van der Waals surface area contributed by atoms with E-state index in [1.807, 2.05) is 42.7 Å². The van der Waals surface area contributed by atoms with Crippen molar-refractivity contribution in [1.29, 1.82) is 0 Å². The Labute approximate surface area is 184 Å². The molecule has 1 aliphatic rings. The summed E-state index contributed by atoms with van der Waals surface area (Å²) in [5.41, 5.74) is 1.12. The fourth-order valence-corrected chi connectivity index (χ4v) is 3.92. The van der Waals surface area contributed by atoms with Gasteiger partial charge >= 0.3 is 0 Å². The Kier molecular flexibility index (Phi) is 6.29. The summed E-state index contributed by atoms with van der Waals surface area (Å²) >= 11 is 6.13. The molecule has 160 valence electrons. The molecule has 1 aliphatic heterocycles. The topological polar surface area (TPSA) is 84.5 Å². The molecule has 1 fully saturated rings. The van der Waals surface area contributed by atoms with Crippen molar-refractivity contribution >= 4 is 23.2 Å². The largest absolute Gasteiger partial charge is 0.336 e. The summed E-state index contributed by atoms with van der Waals surface area (Å²) in [6.07, 6.45) is 3.79. The van der Waals surface area contributed by atoms with Crippen LogP contribution >= 0.6 is 11.6 Å². The molecule has 0 bridgehead atoms. The zero-order valence-corrected chi connectivity index (χ0v) is 17.6. The third-order valence-electron chi connectivity index (χ3n) is 5.46. The second-order valence-corrected chi connectivity index (χ2v) is 7.77. The SMILES string of the molecule is O=C(c1cc([N+](=O)[O-])ccc1Cl)N1CCN(CCn2ccnc2-c2ccccc2)CC1. The van der Waals surface area contributed by atoms with E-state index in [1.54, 1.807) is 4.90 Å². The molecule has 31 heavy (non-hydrogen) atoms. The summed E-state index contributed by atoms with van der Waals surface area (Å²) in [6.45, 7) is 4.20. The Morgan fingerprint density at radius 2 is 1.81 bits per heavy atom. The predicted molar refractivity (Wildman–Crippen MR) is 118 cm³/mol. The van der Waals surface area contributed by atoms with E-state index < -0.39 is 4.92 Å². The molecule has 3 aromatic rings. The number of rotatable bonds is 6. The zero-order valence-electron chi connectivity index (χ0n) is 16.9. The number of imidazole rings is 1. The van der Waals surface area contributed by atoms with Crippen molar-refractivity contribution < 1.29 is 9.72 Å². The fourth-order valence-electron chi connectivity index (χ4n) is 3.72. The van der Waals surface area contributed by atoms with E-state index in [1.165, 1.54) is 18.2 Å². The van der Waals surface area contributed by atoms with Crippen LogP contribution < -0.4 is 0 Å². The quantitative estimate of drug-likeness (QED) is 0.433. The highest BCUT2D eigenvalue weighted by molar-refractivity contribution is 6.33. The maximum atomic E-state index is 12.8. The normalized spacial score (nSPS) is 14.5. The number of aromatic nitrogens is 2. The number of carbonyl (C=O) groups excluding carboxylic acids is 1. The number of piperazine rings is 1. The van der Waals surface area contributed by atoms with Gasteiger partial charge in [-0.2, -0.15) is 0 Å². The lowest BCUT2D eigenvalue weighted by molar-refractivity contribution is -0.384. The van der Waals surface area contributed by atoms with Gasteiger partial charge in [-0.15, -0.1) is 0 Å². The molecule has 0 atom stereocenters. The molecule has 2 heterocycles. The minimum atomic E-state index is -0.523. The van der Waals surface area contributed by atoms with Gasteiger partial charge in [-0.1, -0.05) is 41.9 Å². The second kappa shape index (κ2) is 9.28. The van der Waals surface area contributed by atoms with Crippen molar-refractivity contribution in [2.75, 3.05) is 32.7 Å². The molecular formula is C22H22ClN5O3. The monoisotopic (exact) mass is 439 g/mol. The predicted octanol–water partition coefficient (Wildman–Crippen LogP) is 3.57. The second-order valence-electron chi connectivity index (χ2n) is 7.37. The average Bonchev–Trinajstić information content (AvgIpc) is 3.27. The van der Waals surface area contributed by atoms with E-state index in [4.69, 9.17) is 11.6 Å². The number of hydrogen-bond donors (Lipinski definition) is 0. The van der Waals surface area contributed by atoms with Crippen LogP contribution in [0.4, 0.5) is 5.69 Å². The van der Waals surface area contributed by atoms with Crippen molar-refractivity contribution in [2.24, 2.45) is 0 Å². The number of carbonyl (C=O) groups is 1. The molecule has 8 nitrogen and oxygen atoms in total. The molecule has 0 radical (unpaired) electrons. The fraction of sp³-hybridized carbons (Fsp3) is 0.273. The van der Waals surface area contributed by atoms with Crippen LogP contribution in [0.25, 0.3) is 11.4 Å². The first kappa shape index (κ1) is 21.0. The van der Waals surface area contributed by atoms with Crippen LogP contribution in [0, 0.1) is 10.1 Å². The molecule has 0 N–H and O–H groups in total. The van der Waals surface area contributed by atoms with E-state index >= 15 is 0 Å². The van der Waals surface area contributed by atoms with Crippen LogP contribution in [0.15, 0.2) is 60.9 Å². The van der Waals surface area contributed by atoms with Gasteiger partial charge in [0, 0.05) is 69.4 Å². The molecule has 1 saturated heterocycles. The molecule has 9 heteroatoms. The van der Waals surface area contributed by atoms with Crippen LogP contribution in [-0.4, -0.2) is 62.9 Å². The zero-order chi connectivity index (χ0) is 21.8. The Balaban J connectivity index is 1.34. The first-order valence-electron chi connectivity index (χ1n) is 10.0. The standard InChI is InChI=1S/C22H22ClN5O3/c23-20-7-6-18(28(30)31)16-19(20)22(29)27-14-11-25(12-15-27)10-13-26-9-8-24-21(26)17-4-2-1-3-5-17/h1-9,16H,10-15H2. The van der Waals surface area contributed by atoms with Gasteiger partial charge in [-0.25, -0.2) is 4.98 Å². The molecule has 1 aromatic heterocycles. The minimum Gasteiger partial charge on any atom is -0.336 e. The third kappa shape index (κ3) is 4.76. The Morgan fingerprint density at radius 3 is 2.52 bits per heavy atom. The number of nitro benzene ring substituents is 1. The van der Waals surface area contributed by atoms with Gasteiger partial charge in [0.15, 0.2) is 0 Å². The maximum absolute atomic E-state index is 12.8. The smallest absolute Gasteiger partial charge is 0.270 e. The Hall–Kier alpha value is -3.23. The number of amides is 1. The molecule has 0 spiro atoms. The van der Waals surface area contributed by atoms with Crippen molar-refractivity contribution in [1.82, 2.24) is 19.4 Å². The van der Waals surface area contributed by atoms with Gasteiger partial charge < -0.3 is 9.47 Å². The molecule has 2 aromatic carbocycles. The summed E-state index contributed by atoms with van der Waals surface area (Å²) in [5, 5.41) is 11.2. The summed E-state index contributed by atoms with van der Waals surface area (Å²) in [6, 6.07) is 14.0. The van der Waals surface area contributed by atoms with Crippen molar-refractivity contribution in [3.05, 3.63) is 81.6 Å². The van der Waals surface area contributed by atoms with Crippen LogP contribution in [0.2, 0.25) is 5.02 Å².